The Labute approximate surface area is 175 Å². The number of carbonyl (C=O) groups is 1. The maximum Gasteiger partial charge on any atom is 0.343 e. The van der Waals surface area contributed by atoms with Gasteiger partial charge in [0.15, 0.2) is 5.60 Å². The number of rotatable bonds is 1. The SMILES string of the molecule is CC[C@@]1(O)C(=O)OCc2c1cc1n(c2=O)Cc2c-1nc1cc(F)c(C)c3c1c2C(O)C3. The van der Waals surface area contributed by atoms with Gasteiger partial charge in [0.25, 0.3) is 5.56 Å². The number of cyclic esters (lactones) is 1. The Morgan fingerprint density at radius 1 is 1.29 bits per heavy atom. The van der Waals surface area contributed by atoms with Crippen molar-refractivity contribution in [3.63, 3.8) is 0 Å². The number of halogens is 1. The van der Waals surface area contributed by atoms with Gasteiger partial charge in [-0.05, 0) is 36.1 Å². The number of carbonyl (C=O) groups excluding carboxylic acids is 1. The minimum absolute atomic E-state index is 0.0531. The lowest BCUT2D eigenvalue weighted by Crippen LogP contribution is -2.44. The summed E-state index contributed by atoms with van der Waals surface area (Å²) in [6, 6.07) is 2.97. The van der Waals surface area contributed by atoms with Crippen LogP contribution in [0, 0.1) is 12.7 Å². The van der Waals surface area contributed by atoms with E-state index in [2.05, 4.69) is 4.98 Å². The Bertz CT molecular complexity index is 1430. The van der Waals surface area contributed by atoms with Gasteiger partial charge in [-0.1, -0.05) is 6.92 Å². The molecule has 0 bridgehead atoms. The highest BCUT2D eigenvalue weighted by Crippen LogP contribution is 2.46. The van der Waals surface area contributed by atoms with Crippen LogP contribution in [0.1, 0.15) is 52.8 Å². The first-order valence-electron chi connectivity index (χ1n) is 10.3. The fourth-order valence-electron chi connectivity index (χ4n) is 5.34. The molecule has 3 aliphatic rings. The highest BCUT2D eigenvalue weighted by atomic mass is 19.1. The molecule has 3 aromatic rings. The van der Waals surface area contributed by atoms with E-state index in [1.165, 1.54) is 10.6 Å². The predicted octanol–water partition coefficient (Wildman–Crippen LogP) is 2.12. The highest BCUT2D eigenvalue weighted by molar-refractivity contribution is 5.94. The molecule has 6 rings (SSSR count). The van der Waals surface area contributed by atoms with Crippen LogP contribution in [0.25, 0.3) is 22.3 Å². The number of benzene rings is 1. The quantitative estimate of drug-likeness (QED) is 0.456. The standard InChI is InChI=1S/C23H19FN2O5/c1-3-23(30)13-5-16-20-11(7-26(16)21(28)12(13)8-31-22(23)29)19-17(27)4-10-9(2)14(24)6-15(25-20)18(10)19/h5-6,17,27,30H,3-4,7-8H2,1-2H3/t17?,23-/m0/s1. The van der Waals surface area contributed by atoms with Crippen LogP contribution in [-0.2, 0) is 34.7 Å². The average Bonchev–Trinajstić information content (AvgIpc) is 3.28. The van der Waals surface area contributed by atoms with Gasteiger partial charge < -0.3 is 19.5 Å². The van der Waals surface area contributed by atoms with Crippen molar-refractivity contribution in [1.29, 1.82) is 0 Å². The summed E-state index contributed by atoms with van der Waals surface area (Å²) in [4.78, 5) is 30.2. The third kappa shape index (κ3) is 2.11. The second kappa shape index (κ2) is 5.77. The van der Waals surface area contributed by atoms with Crippen molar-refractivity contribution in [1.82, 2.24) is 9.55 Å². The highest BCUT2D eigenvalue weighted by Gasteiger charge is 2.46. The van der Waals surface area contributed by atoms with Crippen molar-refractivity contribution in [2.24, 2.45) is 0 Å². The first-order valence-corrected chi connectivity index (χ1v) is 10.3. The third-order valence-electron chi connectivity index (χ3n) is 7.08. The summed E-state index contributed by atoms with van der Waals surface area (Å²) in [6.07, 6.45) is -0.461. The summed E-state index contributed by atoms with van der Waals surface area (Å²) in [5.41, 5.74) is 2.17. The maximum absolute atomic E-state index is 14.5. The first kappa shape index (κ1) is 18.7. The van der Waals surface area contributed by atoms with Crippen LogP contribution < -0.4 is 5.56 Å². The molecule has 0 radical (unpaired) electrons. The molecular weight excluding hydrogens is 403 g/mol. The monoisotopic (exact) mass is 422 g/mol. The largest absolute Gasteiger partial charge is 0.458 e. The molecule has 31 heavy (non-hydrogen) atoms. The molecule has 2 aromatic heterocycles. The fourth-order valence-corrected chi connectivity index (χ4v) is 5.34. The van der Waals surface area contributed by atoms with Crippen LogP contribution in [-0.4, -0.2) is 25.7 Å². The summed E-state index contributed by atoms with van der Waals surface area (Å²) in [6.45, 7) is 3.34. The van der Waals surface area contributed by atoms with E-state index in [9.17, 15) is 24.2 Å². The molecule has 0 fully saturated rings. The van der Waals surface area contributed by atoms with Gasteiger partial charge in [-0.25, -0.2) is 14.2 Å². The van der Waals surface area contributed by atoms with Crippen LogP contribution in [0.2, 0.25) is 0 Å². The molecule has 1 aromatic carbocycles. The number of hydrogen-bond acceptors (Lipinski definition) is 6. The van der Waals surface area contributed by atoms with Gasteiger partial charge in [0.05, 0.1) is 35.1 Å². The summed E-state index contributed by atoms with van der Waals surface area (Å²) in [7, 11) is 0. The molecule has 1 unspecified atom stereocenters. The van der Waals surface area contributed by atoms with E-state index >= 15 is 0 Å². The van der Waals surface area contributed by atoms with Crippen molar-refractivity contribution in [3.8, 4) is 11.4 Å². The minimum atomic E-state index is -1.91. The minimum Gasteiger partial charge on any atom is -0.458 e. The van der Waals surface area contributed by atoms with Gasteiger partial charge in [-0.3, -0.25) is 4.79 Å². The molecule has 4 heterocycles. The molecule has 2 N–H and O–H groups in total. The van der Waals surface area contributed by atoms with Crippen LogP contribution in [0.15, 0.2) is 16.9 Å². The normalized spacial score (nSPS) is 23.0. The number of esters is 1. The van der Waals surface area contributed by atoms with Crippen molar-refractivity contribution >= 4 is 16.9 Å². The number of aliphatic hydroxyl groups is 2. The summed E-state index contributed by atoms with van der Waals surface area (Å²) in [5, 5.41) is 22.5. The van der Waals surface area contributed by atoms with Crippen LogP contribution >= 0.6 is 0 Å². The Morgan fingerprint density at radius 2 is 2.06 bits per heavy atom. The molecule has 0 spiro atoms. The van der Waals surface area contributed by atoms with Gasteiger partial charge >= 0.3 is 5.97 Å². The fraction of sp³-hybridized carbons (Fsp3) is 0.348. The zero-order chi connectivity index (χ0) is 21.8. The molecule has 8 heteroatoms. The van der Waals surface area contributed by atoms with Crippen LogP contribution in [0.5, 0.6) is 0 Å². The Hall–Kier alpha value is -3.10. The lowest BCUT2D eigenvalue weighted by molar-refractivity contribution is -0.172. The average molecular weight is 422 g/mol. The second-order valence-electron chi connectivity index (χ2n) is 8.53. The first-order chi connectivity index (χ1) is 14.8. The maximum atomic E-state index is 14.5. The molecule has 2 aliphatic heterocycles. The third-order valence-corrected chi connectivity index (χ3v) is 7.08. The van der Waals surface area contributed by atoms with Crippen molar-refractivity contribution in [2.75, 3.05) is 0 Å². The van der Waals surface area contributed by atoms with E-state index in [4.69, 9.17) is 4.74 Å². The van der Waals surface area contributed by atoms with Crippen LogP contribution in [0.4, 0.5) is 4.39 Å². The molecule has 1 aliphatic carbocycles. The van der Waals surface area contributed by atoms with E-state index in [1.54, 1.807) is 19.9 Å². The number of pyridine rings is 2. The van der Waals surface area contributed by atoms with Gasteiger partial charge in [0.2, 0.25) is 0 Å². The summed E-state index contributed by atoms with van der Waals surface area (Å²) in [5.74, 6) is -1.17. The number of hydrogen-bond donors (Lipinski definition) is 2. The zero-order valence-corrected chi connectivity index (χ0v) is 17.0. The molecule has 0 saturated heterocycles. The van der Waals surface area contributed by atoms with E-state index in [-0.39, 0.29) is 42.1 Å². The van der Waals surface area contributed by atoms with E-state index in [0.717, 1.165) is 16.5 Å². The van der Waals surface area contributed by atoms with Gasteiger partial charge in [-0.2, -0.15) is 0 Å². The molecule has 158 valence electrons. The Balaban J connectivity index is 1.69. The van der Waals surface area contributed by atoms with Crippen molar-refractivity contribution in [3.05, 3.63) is 61.7 Å². The molecule has 7 nitrogen and oxygen atoms in total. The van der Waals surface area contributed by atoms with Crippen molar-refractivity contribution < 1.29 is 24.1 Å². The van der Waals surface area contributed by atoms with E-state index < -0.39 is 17.7 Å². The number of nitrogens with zero attached hydrogens (tertiary/aromatic N) is 2. The summed E-state index contributed by atoms with van der Waals surface area (Å²) < 4.78 is 21.1. The smallest absolute Gasteiger partial charge is 0.343 e. The zero-order valence-electron chi connectivity index (χ0n) is 17.0. The molecule has 0 saturated carbocycles. The number of fused-ring (bicyclic) bond motifs is 5. The molecule has 0 amide bonds. The summed E-state index contributed by atoms with van der Waals surface area (Å²) >= 11 is 0. The number of aliphatic hydroxyl groups excluding tert-OH is 1. The van der Waals surface area contributed by atoms with E-state index in [1.807, 2.05) is 0 Å². The lowest BCUT2D eigenvalue weighted by Gasteiger charge is -2.31. The Morgan fingerprint density at radius 3 is 2.81 bits per heavy atom. The lowest BCUT2D eigenvalue weighted by atomic mass is 9.86. The van der Waals surface area contributed by atoms with E-state index in [0.29, 0.717) is 34.5 Å². The predicted molar refractivity (Wildman–Crippen MR) is 108 cm³/mol. The molecule has 2 atom stereocenters. The van der Waals surface area contributed by atoms with Gasteiger partial charge in [0.1, 0.15) is 12.4 Å². The molecular formula is C23H19FN2O5. The van der Waals surface area contributed by atoms with Gasteiger partial charge in [-0.15, -0.1) is 0 Å². The Kier molecular flexibility index (Phi) is 3.47. The van der Waals surface area contributed by atoms with Crippen LogP contribution in [0.3, 0.4) is 0 Å². The number of aromatic nitrogens is 2. The number of ether oxygens (including phenoxy) is 1. The van der Waals surface area contributed by atoms with Crippen molar-refractivity contribution in [2.45, 2.75) is 51.5 Å². The topological polar surface area (TPSA) is 102 Å². The van der Waals surface area contributed by atoms with Gasteiger partial charge in [0, 0.05) is 29.0 Å². The second-order valence-corrected chi connectivity index (χ2v) is 8.53.